The Morgan fingerprint density at radius 2 is 1.72 bits per heavy atom. The van der Waals surface area contributed by atoms with Crippen molar-refractivity contribution in [3.05, 3.63) is 10.4 Å². The Morgan fingerprint density at radius 1 is 0.920 bits per heavy atom. The molecule has 1 spiro atoms. The Labute approximate surface area is 150 Å². The first-order chi connectivity index (χ1) is 12.2. The van der Waals surface area contributed by atoms with E-state index in [1.807, 2.05) is 0 Å². The molecule has 0 aromatic heterocycles. The Kier molecular flexibility index (Phi) is 3.85. The second-order valence-corrected chi connectivity index (χ2v) is 9.55. The van der Waals surface area contributed by atoms with Crippen LogP contribution in [0.25, 0.3) is 10.4 Å². The van der Waals surface area contributed by atoms with Crippen LogP contribution in [-0.4, -0.2) is 25.0 Å². The minimum Gasteiger partial charge on any atom is -0.347 e. The Balaban J connectivity index is 1.37. The first-order valence-corrected chi connectivity index (χ1v) is 10.5. The Hall–Kier alpha value is -0.770. The van der Waals surface area contributed by atoms with Gasteiger partial charge in [-0.15, -0.1) is 0 Å². The van der Waals surface area contributed by atoms with Crippen LogP contribution in [0.3, 0.4) is 0 Å². The minimum absolute atomic E-state index is 0.222. The lowest BCUT2D eigenvalue weighted by atomic mass is 9.50. The van der Waals surface area contributed by atoms with Gasteiger partial charge in [0, 0.05) is 22.8 Å². The highest BCUT2D eigenvalue weighted by atomic mass is 16.7. The van der Waals surface area contributed by atoms with E-state index in [2.05, 4.69) is 16.9 Å². The number of ether oxygens (including phenoxy) is 2. The molecule has 0 aromatic carbocycles. The summed E-state index contributed by atoms with van der Waals surface area (Å²) >= 11 is 0. The molecule has 25 heavy (non-hydrogen) atoms. The van der Waals surface area contributed by atoms with Crippen LogP contribution >= 0.6 is 0 Å². The summed E-state index contributed by atoms with van der Waals surface area (Å²) in [7, 11) is 0. The summed E-state index contributed by atoms with van der Waals surface area (Å²) in [6, 6.07) is 0.256. The normalized spacial score (nSPS) is 50.6. The van der Waals surface area contributed by atoms with Crippen molar-refractivity contribution in [2.45, 2.75) is 76.5 Å². The second kappa shape index (κ2) is 5.87. The molecule has 0 N–H and O–H groups in total. The maximum Gasteiger partial charge on any atom is 0.174 e. The van der Waals surface area contributed by atoms with Crippen molar-refractivity contribution in [3.63, 3.8) is 0 Å². The maximum atomic E-state index is 8.77. The molecule has 0 radical (unpaired) electrons. The molecule has 5 heteroatoms. The van der Waals surface area contributed by atoms with E-state index in [0.717, 1.165) is 62.1 Å². The van der Waals surface area contributed by atoms with Gasteiger partial charge in [0.25, 0.3) is 0 Å². The van der Waals surface area contributed by atoms with Crippen molar-refractivity contribution >= 4 is 0 Å². The smallest absolute Gasteiger partial charge is 0.174 e. The largest absolute Gasteiger partial charge is 0.347 e. The molecule has 5 fully saturated rings. The highest BCUT2D eigenvalue weighted by Crippen LogP contribution is 2.67. The van der Waals surface area contributed by atoms with Gasteiger partial charge in [0.1, 0.15) is 0 Å². The molecule has 1 saturated heterocycles. The van der Waals surface area contributed by atoms with Gasteiger partial charge in [-0.3, -0.25) is 0 Å². The van der Waals surface area contributed by atoms with Gasteiger partial charge in [-0.25, -0.2) is 0 Å². The maximum absolute atomic E-state index is 8.77. The zero-order valence-corrected chi connectivity index (χ0v) is 15.4. The molecule has 4 aliphatic carbocycles. The summed E-state index contributed by atoms with van der Waals surface area (Å²) < 4.78 is 12.5. The van der Waals surface area contributed by atoms with E-state index in [1.54, 1.807) is 0 Å². The second-order valence-electron chi connectivity index (χ2n) is 9.55. The summed E-state index contributed by atoms with van der Waals surface area (Å²) in [5.74, 6) is 3.93. The topological polar surface area (TPSA) is 67.2 Å². The fraction of sp³-hybridized carbons (Fsp3) is 1.00. The lowest BCUT2D eigenvalue weighted by Crippen LogP contribution is -2.54. The molecule has 1 aliphatic heterocycles. The van der Waals surface area contributed by atoms with E-state index in [-0.39, 0.29) is 17.2 Å². The van der Waals surface area contributed by atoms with Crippen molar-refractivity contribution in [1.82, 2.24) is 0 Å². The van der Waals surface area contributed by atoms with Crippen molar-refractivity contribution in [1.29, 1.82) is 0 Å². The van der Waals surface area contributed by atoms with Gasteiger partial charge in [-0.2, -0.15) is 0 Å². The van der Waals surface area contributed by atoms with Crippen LogP contribution in [0.15, 0.2) is 5.11 Å². The molecule has 0 aromatic rings. The molecule has 5 rings (SSSR count). The van der Waals surface area contributed by atoms with Crippen LogP contribution in [-0.2, 0) is 9.47 Å². The van der Waals surface area contributed by atoms with Crippen LogP contribution in [0.2, 0.25) is 0 Å². The van der Waals surface area contributed by atoms with Gasteiger partial charge in [-0.05, 0) is 86.5 Å². The quantitative estimate of drug-likeness (QED) is 0.378. The number of fused-ring (bicyclic) bond motifs is 6. The molecule has 0 bridgehead atoms. The summed E-state index contributed by atoms with van der Waals surface area (Å²) in [5, 5.41) is 4.04. The van der Waals surface area contributed by atoms with Gasteiger partial charge in [-0.1, -0.05) is 12.0 Å². The number of rotatable bonds is 1. The first kappa shape index (κ1) is 16.4. The number of azide groups is 1. The van der Waals surface area contributed by atoms with Gasteiger partial charge in [0.2, 0.25) is 0 Å². The summed E-state index contributed by atoms with van der Waals surface area (Å²) in [5.41, 5.74) is 8.99. The molecule has 7 atom stereocenters. The number of nitrogens with zero attached hydrogens (tertiary/aromatic N) is 3. The van der Waals surface area contributed by atoms with E-state index in [1.165, 1.54) is 38.5 Å². The molecule has 1 heterocycles. The monoisotopic (exact) mass is 345 g/mol. The van der Waals surface area contributed by atoms with Crippen LogP contribution in [0.4, 0.5) is 0 Å². The fourth-order valence-corrected chi connectivity index (χ4v) is 7.89. The third kappa shape index (κ3) is 2.25. The van der Waals surface area contributed by atoms with Crippen molar-refractivity contribution in [3.8, 4) is 0 Å². The first-order valence-electron chi connectivity index (χ1n) is 10.5. The molecular weight excluding hydrogens is 314 g/mol. The number of hydrogen-bond acceptors (Lipinski definition) is 3. The lowest BCUT2D eigenvalue weighted by molar-refractivity contribution is -0.243. The predicted molar refractivity (Wildman–Crippen MR) is 94.7 cm³/mol. The highest BCUT2D eigenvalue weighted by Gasteiger charge is 2.65. The van der Waals surface area contributed by atoms with Crippen molar-refractivity contribution < 1.29 is 9.47 Å². The Morgan fingerprint density at radius 3 is 2.52 bits per heavy atom. The van der Waals surface area contributed by atoms with Crippen LogP contribution in [0.5, 0.6) is 0 Å². The van der Waals surface area contributed by atoms with Gasteiger partial charge >= 0.3 is 0 Å². The molecular formula is C20H31N3O2. The van der Waals surface area contributed by atoms with Gasteiger partial charge in [0.05, 0.1) is 13.2 Å². The fourth-order valence-electron chi connectivity index (χ4n) is 7.89. The SMILES string of the molecule is C[C@]12CC[C@H]3[C@@H](CC[C@H]4C[C@@H](N=[N+]=[N-])CC[C@@H]43)[C@@H]1CCC21OCCO1. The van der Waals surface area contributed by atoms with Crippen molar-refractivity contribution in [2.75, 3.05) is 13.2 Å². The number of hydrogen-bond donors (Lipinski definition) is 0. The summed E-state index contributed by atoms with van der Waals surface area (Å²) in [6.45, 7) is 4.03. The van der Waals surface area contributed by atoms with E-state index in [0.29, 0.717) is 0 Å². The summed E-state index contributed by atoms with van der Waals surface area (Å²) in [4.78, 5) is 3.07. The molecule has 4 saturated carbocycles. The standard InChI is InChI=1S/C20H31N3O2/c1-19-8-6-16-15-5-3-14(22-23-21)12-13(15)2-4-17(16)18(19)7-9-20(19)24-10-11-25-20/h13-18H,2-12H2,1H3/t13-,14-,15-,16+,17+,18-,19-/m0/s1. The van der Waals surface area contributed by atoms with Crippen molar-refractivity contribution in [2.24, 2.45) is 40.1 Å². The molecule has 138 valence electrons. The predicted octanol–water partition coefficient (Wildman–Crippen LogP) is 5.06. The Bertz CT molecular complexity index is 583. The minimum atomic E-state index is -0.265. The molecule has 0 amide bonds. The molecule has 5 nitrogen and oxygen atoms in total. The zero-order chi connectivity index (χ0) is 17.1. The third-order valence-electron chi connectivity index (χ3n) is 8.94. The van der Waals surface area contributed by atoms with Crippen LogP contribution in [0.1, 0.15) is 64.7 Å². The van der Waals surface area contributed by atoms with E-state index < -0.39 is 0 Å². The van der Waals surface area contributed by atoms with Crippen LogP contribution in [0, 0.1) is 35.0 Å². The van der Waals surface area contributed by atoms with E-state index >= 15 is 0 Å². The average molecular weight is 345 g/mol. The average Bonchev–Trinajstić information content (AvgIpc) is 3.21. The highest BCUT2D eigenvalue weighted by molar-refractivity contribution is 5.10. The van der Waals surface area contributed by atoms with E-state index in [4.69, 9.17) is 15.0 Å². The van der Waals surface area contributed by atoms with Crippen LogP contribution < -0.4 is 0 Å². The van der Waals surface area contributed by atoms with E-state index in [9.17, 15) is 0 Å². The zero-order valence-electron chi connectivity index (χ0n) is 15.4. The lowest BCUT2D eigenvalue weighted by Gasteiger charge is -2.57. The molecule has 0 unspecified atom stereocenters. The molecule has 5 aliphatic rings. The van der Waals surface area contributed by atoms with Gasteiger partial charge in [0.15, 0.2) is 5.79 Å². The third-order valence-corrected chi connectivity index (χ3v) is 8.94. The van der Waals surface area contributed by atoms with Gasteiger partial charge < -0.3 is 9.47 Å². The summed E-state index contributed by atoms with van der Waals surface area (Å²) in [6.07, 6.45) is 11.2.